The summed E-state index contributed by atoms with van der Waals surface area (Å²) in [7, 11) is 0. The third-order valence-electron chi connectivity index (χ3n) is 2.80. The first-order chi connectivity index (χ1) is 9.20. The number of aryl methyl sites for hydroxylation is 1. The molecule has 0 bridgehead atoms. The van der Waals surface area contributed by atoms with E-state index in [1.54, 1.807) is 11.3 Å². The van der Waals surface area contributed by atoms with Crippen molar-refractivity contribution in [2.45, 2.75) is 13.5 Å². The summed E-state index contributed by atoms with van der Waals surface area (Å²) in [5, 5.41) is 5.40. The lowest BCUT2D eigenvalue weighted by atomic mass is 10.2. The lowest BCUT2D eigenvalue weighted by molar-refractivity contribution is 1.08. The summed E-state index contributed by atoms with van der Waals surface area (Å²) in [5.41, 5.74) is 7.45. The van der Waals surface area contributed by atoms with Gasteiger partial charge in [0.15, 0.2) is 0 Å². The molecule has 0 aliphatic rings. The van der Waals surface area contributed by atoms with E-state index in [4.69, 9.17) is 5.73 Å². The standard InChI is InChI=1S/C14H14N4S/c1-9-7-17-14(19-9)8-16-13-5-2-10-6-11(15)3-4-12(10)18-13/h2-7H,8,15H2,1H3,(H,16,18). The quantitative estimate of drug-likeness (QED) is 0.717. The Morgan fingerprint density at radius 1 is 1.26 bits per heavy atom. The molecule has 2 aromatic heterocycles. The van der Waals surface area contributed by atoms with Crippen molar-refractivity contribution in [3.8, 4) is 0 Å². The number of nitrogens with one attached hydrogen (secondary N) is 1. The van der Waals surface area contributed by atoms with E-state index in [1.165, 1.54) is 4.88 Å². The average molecular weight is 270 g/mol. The first-order valence-corrected chi connectivity index (χ1v) is 6.84. The minimum absolute atomic E-state index is 0.700. The molecule has 0 spiro atoms. The highest BCUT2D eigenvalue weighted by atomic mass is 32.1. The predicted molar refractivity (Wildman–Crippen MR) is 80.3 cm³/mol. The van der Waals surface area contributed by atoms with Gasteiger partial charge < -0.3 is 11.1 Å². The molecular weight excluding hydrogens is 256 g/mol. The molecule has 96 valence electrons. The molecule has 0 saturated carbocycles. The highest BCUT2D eigenvalue weighted by Crippen LogP contribution is 2.19. The summed E-state index contributed by atoms with van der Waals surface area (Å²) in [6.45, 7) is 2.76. The van der Waals surface area contributed by atoms with Crippen LogP contribution in [-0.4, -0.2) is 9.97 Å². The van der Waals surface area contributed by atoms with Crippen LogP contribution in [0.3, 0.4) is 0 Å². The van der Waals surface area contributed by atoms with E-state index in [2.05, 4.69) is 22.2 Å². The van der Waals surface area contributed by atoms with Crippen molar-refractivity contribution in [3.05, 3.63) is 46.4 Å². The number of rotatable bonds is 3. The number of aromatic nitrogens is 2. The van der Waals surface area contributed by atoms with Gasteiger partial charge in [0.1, 0.15) is 10.8 Å². The van der Waals surface area contributed by atoms with Crippen molar-refractivity contribution in [2.24, 2.45) is 0 Å². The summed E-state index contributed by atoms with van der Waals surface area (Å²) in [6.07, 6.45) is 1.89. The molecule has 3 aromatic rings. The van der Waals surface area contributed by atoms with Gasteiger partial charge in [0.25, 0.3) is 0 Å². The van der Waals surface area contributed by atoms with Crippen LogP contribution < -0.4 is 11.1 Å². The third kappa shape index (κ3) is 2.66. The maximum Gasteiger partial charge on any atom is 0.127 e. The lowest BCUT2D eigenvalue weighted by Crippen LogP contribution is -2.00. The number of anilines is 2. The molecule has 3 rings (SSSR count). The normalized spacial score (nSPS) is 10.8. The van der Waals surface area contributed by atoms with Gasteiger partial charge in [-0.3, -0.25) is 0 Å². The molecule has 19 heavy (non-hydrogen) atoms. The Kier molecular flexibility index (Phi) is 3.05. The Morgan fingerprint density at radius 2 is 2.16 bits per heavy atom. The number of thiazole rings is 1. The van der Waals surface area contributed by atoms with E-state index < -0.39 is 0 Å². The van der Waals surface area contributed by atoms with Crippen LogP contribution in [-0.2, 0) is 6.54 Å². The molecule has 5 heteroatoms. The highest BCUT2D eigenvalue weighted by molar-refractivity contribution is 7.11. The van der Waals surface area contributed by atoms with Crippen molar-refractivity contribution < 1.29 is 0 Å². The summed E-state index contributed by atoms with van der Waals surface area (Å²) in [5.74, 6) is 0.852. The number of fused-ring (bicyclic) bond motifs is 1. The van der Waals surface area contributed by atoms with Crippen LogP contribution in [0.25, 0.3) is 10.9 Å². The van der Waals surface area contributed by atoms with Crippen LogP contribution >= 0.6 is 11.3 Å². The predicted octanol–water partition coefficient (Wildman–Crippen LogP) is 3.19. The third-order valence-corrected chi connectivity index (χ3v) is 3.72. The Hall–Kier alpha value is -2.14. The molecule has 0 saturated heterocycles. The van der Waals surface area contributed by atoms with Crippen LogP contribution in [0.5, 0.6) is 0 Å². The Labute approximate surface area is 115 Å². The van der Waals surface area contributed by atoms with Gasteiger partial charge in [-0.1, -0.05) is 0 Å². The van der Waals surface area contributed by atoms with Crippen LogP contribution in [0.1, 0.15) is 9.88 Å². The van der Waals surface area contributed by atoms with Gasteiger partial charge in [0.05, 0.1) is 12.1 Å². The van der Waals surface area contributed by atoms with Crippen LogP contribution in [0.2, 0.25) is 0 Å². The largest absolute Gasteiger partial charge is 0.399 e. The zero-order valence-electron chi connectivity index (χ0n) is 10.6. The van der Waals surface area contributed by atoms with Crippen molar-refractivity contribution in [3.63, 3.8) is 0 Å². The molecule has 2 heterocycles. The molecular formula is C14H14N4S. The number of pyridine rings is 1. The van der Waals surface area contributed by atoms with Gasteiger partial charge >= 0.3 is 0 Å². The maximum atomic E-state index is 5.75. The second kappa shape index (κ2) is 4.85. The average Bonchev–Trinajstić information content (AvgIpc) is 2.82. The molecule has 0 aliphatic carbocycles. The van der Waals surface area contributed by atoms with E-state index in [0.29, 0.717) is 6.54 Å². The maximum absolute atomic E-state index is 5.75. The molecule has 1 aromatic carbocycles. The van der Waals surface area contributed by atoms with Crippen LogP contribution in [0.15, 0.2) is 36.5 Å². The van der Waals surface area contributed by atoms with E-state index in [9.17, 15) is 0 Å². The smallest absolute Gasteiger partial charge is 0.127 e. The number of nitrogens with zero attached hydrogens (tertiary/aromatic N) is 2. The molecule has 0 radical (unpaired) electrons. The number of benzene rings is 1. The summed E-state index contributed by atoms with van der Waals surface area (Å²) in [6, 6.07) is 9.71. The van der Waals surface area contributed by atoms with E-state index in [-0.39, 0.29) is 0 Å². The van der Waals surface area contributed by atoms with E-state index >= 15 is 0 Å². The molecule has 4 nitrogen and oxygen atoms in total. The summed E-state index contributed by atoms with van der Waals surface area (Å²) in [4.78, 5) is 10.1. The Balaban J connectivity index is 1.79. The molecule has 0 unspecified atom stereocenters. The summed E-state index contributed by atoms with van der Waals surface area (Å²) < 4.78 is 0. The van der Waals surface area contributed by atoms with E-state index in [1.807, 2.05) is 36.5 Å². The Morgan fingerprint density at radius 3 is 2.95 bits per heavy atom. The number of hydrogen-bond acceptors (Lipinski definition) is 5. The monoisotopic (exact) mass is 270 g/mol. The number of hydrogen-bond donors (Lipinski definition) is 2. The fourth-order valence-electron chi connectivity index (χ4n) is 1.89. The molecule has 0 aliphatic heterocycles. The van der Waals surface area contributed by atoms with Gasteiger partial charge in [-0.15, -0.1) is 11.3 Å². The minimum Gasteiger partial charge on any atom is -0.399 e. The van der Waals surface area contributed by atoms with Crippen molar-refractivity contribution >= 4 is 33.7 Å². The van der Waals surface area contributed by atoms with Crippen molar-refractivity contribution in [1.29, 1.82) is 0 Å². The number of nitrogen functional groups attached to an aromatic ring is 1. The molecule has 0 atom stereocenters. The second-order valence-corrected chi connectivity index (χ2v) is 5.69. The molecule has 0 fully saturated rings. The summed E-state index contributed by atoms with van der Waals surface area (Å²) >= 11 is 1.69. The topological polar surface area (TPSA) is 63.8 Å². The SMILES string of the molecule is Cc1cnc(CNc2ccc3cc(N)ccc3n2)s1. The van der Waals surface area contributed by atoms with Gasteiger partial charge in [0.2, 0.25) is 0 Å². The molecule has 0 amide bonds. The number of nitrogens with two attached hydrogens (primary N) is 1. The van der Waals surface area contributed by atoms with Crippen molar-refractivity contribution in [1.82, 2.24) is 9.97 Å². The van der Waals surface area contributed by atoms with Gasteiger partial charge in [-0.05, 0) is 37.3 Å². The lowest BCUT2D eigenvalue weighted by Gasteiger charge is -2.05. The fourth-order valence-corrected chi connectivity index (χ4v) is 2.62. The van der Waals surface area contributed by atoms with E-state index in [0.717, 1.165) is 27.4 Å². The molecule has 3 N–H and O–H groups in total. The second-order valence-electron chi connectivity index (χ2n) is 4.37. The van der Waals surface area contributed by atoms with Crippen LogP contribution in [0.4, 0.5) is 11.5 Å². The minimum atomic E-state index is 0.700. The fraction of sp³-hybridized carbons (Fsp3) is 0.143. The van der Waals surface area contributed by atoms with Crippen molar-refractivity contribution in [2.75, 3.05) is 11.1 Å². The van der Waals surface area contributed by atoms with Gasteiger partial charge in [0, 0.05) is 22.1 Å². The Bertz CT molecular complexity index is 720. The van der Waals surface area contributed by atoms with Crippen LogP contribution in [0, 0.1) is 6.92 Å². The zero-order chi connectivity index (χ0) is 13.2. The highest BCUT2D eigenvalue weighted by Gasteiger charge is 2.01. The first kappa shape index (κ1) is 11.9. The first-order valence-electron chi connectivity index (χ1n) is 6.02. The zero-order valence-corrected chi connectivity index (χ0v) is 11.4. The van der Waals surface area contributed by atoms with Gasteiger partial charge in [-0.25, -0.2) is 9.97 Å². The van der Waals surface area contributed by atoms with Gasteiger partial charge in [-0.2, -0.15) is 0 Å².